The minimum absolute atomic E-state index is 0.0753. The van der Waals surface area contributed by atoms with Gasteiger partial charge in [-0.25, -0.2) is 8.42 Å². The Morgan fingerprint density at radius 2 is 1.38 bits per heavy atom. The Hall–Kier alpha value is -4.83. The number of carbonyl (C=O) groups excluding carboxylic acids is 2. The standard InChI is InChI=1S/C37H43N3O6S/c1-27(2)24-38-37(42)33(22-29-12-8-6-9-13-29)39(25-30-14-10-7-11-15-30)36(41)26-40(31-18-16-28(3)17-19-31)47(43,44)32-20-21-34(45-4)35(23-32)46-5/h6-21,23,27,33H,22,24-26H2,1-5H3,(H,38,42)/t33-/m0/s1. The average molecular weight is 658 g/mol. The van der Waals surface area contributed by atoms with Gasteiger partial charge < -0.3 is 19.7 Å². The Morgan fingerprint density at radius 1 is 0.787 bits per heavy atom. The van der Waals surface area contributed by atoms with E-state index in [1.807, 2.05) is 81.4 Å². The zero-order valence-corrected chi connectivity index (χ0v) is 28.4. The van der Waals surface area contributed by atoms with Gasteiger partial charge in [0.05, 0.1) is 24.8 Å². The summed E-state index contributed by atoms with van der Waals surface area (Å²) < 4.78 is 40.5. The number of carbonyl (C=O) groups is 2. The number of sulfonamides is 1. The molecule has 1 atom stereocenters. The summed E-state index contributed by atoms with van der Waals surface area (Å²) in [6, 6.07) is 29.1. The molecule has 0 saturated carbocycles. The lowest BCUT2D eigenvalue weighted by Gasteiger charge is -2.34. The summed E-state index contributed by atoms with van der Waals surface area (Å²) in [7, 11) is -1.41. The van der Waals surface area contributed by atoms with Crippen LogP contribution < -0.4 is 19.1 Å². The zero-order chi connectivity index (χ0) is 34.0. The van der Waals surface area contributed by atoms with E-state index in [0.29, 0.717) is 18.0 Å². The molecule has 4 aromatic carbocycles. The Balaban J connectivity index is 1.80. The van der Waals surface area contributed by atoms with Gasteiger partial charge in [-0.05, 0) is 48.2 Å². The van der Waals surface area contributed by atoms with Crippen LogP contribution in [0.25, 0.3) is 0 Å². The SMILES string of the molecule is COc1ccc(S(=O)(=O)N(CC(=O)N(Cc2ccccc2)[C@@H](Cc2ccccc2)C(=O)NCC(C)C)c2ccc(C)cc2)cc1OC. The van der Waals surface area contributed by atoms with Crippen LogP contribution in [0.2, 0.25) is 0 Å². The first-order chi connectivity index (χ1) is 22.5. The molecule has 1 N–H and O–H groups in total. The highest BCUT2D eigenvalue weighted by Crippen LogP contribution is 2.32. The van der Waals surface area contributed by atoms with E-state index < -0.39 is 28.5 Å². The summed E-state index contributed by atoms with van der Waals surface area (Å²) in [6.45, 7) is 5.88. The predicted molar refractivity (Wildman–Crippen MR) is 184 cm³/mol. The maximum atomic E-state index is 14.6. The van der Waals surface area contributed by atoms with Gasteiger partial charge in [0.15, 0.2) is 11.5 Å². The molecule has 0 bridgehead atoms. The van der Waals surface area contributed by atoms with Crippen molar-refractivity contribution in [3.63, 3.8) is 0 Å². The summed E-state index contributed by atoms with van der Waals surface area (Å²) in [4.78, 5) is 29.9. The number of amides is 2. The molecule has 47 heavy (non-hydrogen) atoms. The molecule has 4 aromatic rings. The molecule has 0 aliphatic carbocycles. The highest BCUT2D eigenvalue weighted by molar-refractivity contribution is 7.92. The molecule has 10 heteroatoms. The third-order valence-corrected chi connectivity index (χ3v) is 9.47. The van der Waals surface area contributed by atoms with Gasteiger partial charge in [0.2, 0.25) is 11.8 Å². The summed E-state index contributed by atoms with van der Waals surface area (Å²) in [6.07, 6.45) is 0.246. The van der Waals surface area contributed by atoms with E-state index in [4.69, 9.17) is 9.47 Å². The van der Waals surface area contributed by atoms with Gasteiger partial charge >= 0.3 is 0 Å². The van der Waals surface area contributed by atoms with Crippen molar-refractivity contribution in [1.29, 1.82) is 0 Å². The van der Waals surface area contributed by atoms with Crippen molar-refractivity contribution >= 4 is 27.5 Å². The fraction of sp³-hybridized carbons (Fsp3) is 0.297. The lowest BCUT2D eigenvalue weighted by molar-refractivity contribution is -0.140. The smallest absolute Gasteiger partial charge is 0.264 e. The van der Waals surface area contributed by atoms with Crippen molar-refractivity contribution in [2.45, 2.75) is 44.7 Å². The first kappa shape index (κ1) is 35.0. The first-order valence-corrected chi connectivity index (χ1v) is 16.9. The number of nitrogens with zero attached hydrogens (tertiary/aromatic N) is 2. The molecule has 0 aliphatic rings. The molecule has 0 unspecified atom stereocenters. The number of benzene rings is 4. The molecule has 0 heterocycles. The Labute approximate surface area is 278 Å². The second kappa shape index (κ2) is 16.1. The summed E-state index contributed by atoms with van der Waals surface area (Å²) in [5, 5.41) is 3.00. The van der Waals surface area contributed by atoms with Gasteiger partial charge in [-0.3, -0.25) is 13.9 Å². The molecule has 248 valence electrons. The van der Waals surface area contributed by atoms with Crippen molar-refractivity contribution in [2.24, 2.45) is 5.92 Å². The van der Waals surface area contributed by atoms with Crippen LogP contribution in [-0.2, 0) is 32.6 Å². The molecule has 0 spiro atoms. The molecule has 0 aromatic heterocycles. The summed E-state index contributed by atoms with van der Waals surface area (Å²) in [5.74, 6) is -0.0392. The molecule has 2 amide bonds. The van der Waals surface area contributed by atoms with Crippen molar-refractivity contribution in [1.82, 2.24) is 10.2 Å². The van der Waals surface area contributed by atoms with Gasteiger partial charge in [0.25, 0.3) is 10.0 Å². The maximum absolute atomic E-state index is 14.6. The zero-order valence-electron chi connectivity index (χ0n) is 27.6. The second-order valence-corrected chi connectivity index (χ2v) is 13.6. The van der Waals surface area contributed by atoms with E-state index in [1.54, 1.807) is 24.3 Å². The number of hydrogen-bond donors (Lipinski definition) is 1. The molecule has 0 fully saturated rings. The van der Waals surface area contributed by atoms with Crippen molar-refractivity contribution in [3.05, 3.63) is 120 Å². The molecule has 0 aliphatic heterocycles. The monoisotopic (exact) mass is 657 g/mol. The lowest BCUT2D eigenvalue weighted by Crippen LogP contribution is -2.53. The van der Waals surface area contributed by atoms with E-state index >= 15 is 0 Å². The van der Waals surface area contributed by atoms with E-state index in [1.165, 1.54) is 37.3 Å². The number of aryl methyl sites for hydroxylation is 1. The van der Waals surface area contributed by atoms with Crippen LogP contribution in [0.5, 0.6) is 11.5 Å². The van der Waals surface area contributed by atoms with Gasteiger partial charge in [0.1, 0.15) is 12.6 Å². The Morgan fingerprint density at radius 3 is 1.96 bits per heavy atom. The second-order valence-electron chi connectivity index (χ2n) is 11.7. The number of anilines is 1. The Bertz CT molecular complexity index is 1730. The van der Waals surface area contributed by atoms with Gasteiger partial charge in [-0.2, -0.15) is 0 Å². The molecule has 0 radical (unpaired) electrons. The maximum Gasteiger partial charge on any atom is 0.264 e. The third-order valence-electron chi connectivity index (χ3n) is 7.70. The number of nitrogens with one attached hydrogen (secondary N) is 1. The van der Waals surface area contributed by atoms with Gasteiger partial charge in [-0.15, -0.1) is 0 Å². The largest absolute Gasteiger partial charge is 0.493 e. The normalized spacial score (nSPS) is 11.9. The Kier molecular flexibility index (Phi) is 12.0. The van der Waals surface area contributed by atoms with Crippen LogP contribution in [0, 0.1) is 12.8 Å². The molecular formula is C37H43N3O6S. The van der Waals surface area contributed by atoms with E-state index in [0.717, 1.165) is 21.0 Å². The van der Waals surface area contributed by atoms with Crippen LogP contribution >= 0.6 is 0 Å². The van der Waals surface area contributed by atoms with Crippen LogP contribution in [0.4, 0.5) is 5.69 Å². The summed E-state index contributed by atoms with van der Waals surface area (Å²) >= 11 is 0. The van der Waals surface area contributed by atoms with Crippen LogP contribution in [0.15, 0.2) is 108 Å². The van der Waals surface area contributed by atoms with E-state index in [-0.39, 0.29) is 35.4 Å². The minimum atomic E-state index is -4.30. The van der Waals surface area contributed by atoms with E-state index in [2.05, 4.69) is 5.32 Å². The van der Waals surface area contributed by atoms with Crippen molar-refractivity contribution in [2.75, 3.05) is 31.6 Å². The summed E-state index contributed by atoms with van der Waals surface area (Å²) in [5.41, 5.74) is 2.91. The molecular weight excluding hydrogens is 614 g/mol. The molecule has 9 nitrogen and oxygen atoms in total. The van der Waals surface area contributed by atoms with E-state index in [9.17, 15) is 18.0 Å². The highest BCUT2D eigenvalue weighted by atomic mass is 32.2. The number of methoxy groups -OCH3 is 2. The lowest BCUT2D eigenvalue weighted by atomic mass is 10.0. The van der Waals surface area contributed by atoms with Crippen LogP contribution in [0.1, 0.15) is 30.5 Å². The van der Waals surface area contributed by atoms with Crippen LogP contribution in [-0.4, -0.2) is 58.5 Å². The predicted octanol–water partition coefficient (Wildman–Crippen LogP) is 5.62. The fourth-order valence-corrected chi connectivity index (χ4v) is 6.53. The number of hydrogen-bond acceptors (Lipinski definition) is 6. The highest BCUT2D eigenvalue weighted by Gasteiger charge is 2.35. The topological polar surface area (TPSA) is 105 Å². The van der Waals surface area contributed by atoms with Gasteiger partial charge in [0, 0.05) is 25.6 Å². The molecule has 4 rings (SSSR count). The number of ether oxygens (including phenoxy) is 2. The average Bonchev–Trinajstić information content (AvgIpc) is 3.08. The van der Waals surface area contributed by atoms with Gasteiger partial charge in [-0.1, -0.05) is 92.2 Å². The van der Waals surface area contributed by atoms with Crippen LogP contribution in [0.3, 0.4) is 0 Å². The quantitative estimate of drug-likeness (QED) is 0.178. The first-order valence-electron chi connectivity index (χ1n) is 15.5. The molecule has 0 saturated heterocycles. The third kappa shape index (κ3) is 9.13. The minimum Gasteiger partial charge on any atom is -0.493 e. The number of rotatable bonds is 15. The van der Waals surface area contributed by atoms with Crippen molar-refractivity contribution < 1.29 is 27.5 Å². The fourth-order valence-electron chi connectivity index (χ4n) is 5.10. The van der Waals surface area contributed by atoms with Crippen molar-refractivity contribution in [3.8, 4) is 11.5 Å².